The number of aromatic nitrogens is 3. The maximum absolute atomic E-state index is 10.5. The molecule has 1 aromatic heterocycles. The minimum atomic E-state index is -0.849. The zero-order valence-electron chi connectivity index (χ0n) is 10.6. The Labute approximate surface area is 115 Å². The Bertz CT molecular complexity index is 569. The summed E-state index contributed by atoms with van der Waals surface area (Å²) in [4.78, 5) is 10.5. The molecule has 19 heavy (non-hydrogen) atoms. The average Bonchev–Trinajstić information content (AvgIpc) is 2.81. The molecule has 0 radical (unpaired) electrons. The van der Waals surface area contributed by atoms with Gasteiger partial charge in [-0.25, -0.2) is 0 Å². The van der Waals surface area contributed by atoms with Crippen molar-refractivity contribution < 1.29 is 9.90 Å². The Balaban J connectivity index is 1.96. The highest BCUT2D eigenvalue weighted by atomic mass is 32.2. The summed E-state index contributed by atoms with van der Waals surface area (Å²) in [6.07, 6.45) is 2.51. The molecule has 0 bridgehead atoms. The molecule has 2 rings (SSSR count). The van der Waals surface area contributed by atoms with Gasteiger partial charge in [-0.2, -0.15) is 0 Å². The van der Waals surface area contributed by atoms with E-state index in [0.717, 1.165) is 13.0 Å². The van der Waals surface area contributed by atoms with Crippen LogP contribution in [-0.2, 0) is 17.8 Å². The first-order valence-corrected chi connectivity index (χ1v) is 6.91. The summed E-state index contributed by atoms with van der Waals surface area (Å²) >= 11 is 1.19. The molecule has 0 atom stereocenters. The van der Waals surface area contributed by atoms with Crippen molar-refractivity contribution >= 4 is 17.7 Å². The predicted octanol–water partition coefficient (Wildman–Crippen LogP) is 2.01. The minimum Gasteiger partial charge on any atom is -0.481 e. The molecule has 1 aromatic carbocycles. The molecule has 0 amide bonds. The van der Waals surface area contributed by atoms with Crippen molar-refractivity contribution in [2.45, 2.75) is 25.0 Å². The number of carboxylic acids is 1. The minimum absolute atomic E-state index is 0.00311. The van der Waals surface area contributed by atoms with Gasteiger partial charge < -0.3 is 9.67 Å². The van der Waals surface area contributed by atoms with E-state index in [1.54, 1.807) is 6.33 Å². The molecule has 0 spiro atoms. The fourth-order valence-electron chi connectivity index (χ4n) is 1.75. The van der Waals surface area contributed by atoms with E-state index in [2.05, 4.69) is 35.3 Å². The Hall–Kier alpha value is -1.82. The quantitative estimate of drug-likeness (QED) is 0.818. The molecule has 0 saturated carbocycles. The Kier molecular flexibility index (Phi) is 4.57. The van der Waals surface area contributed by atoms with Gasteiger partial charge in [0.25, 0.3) is 0 Å². The van der Waals surface area contributed by atoms with Crippen LogP contribution in [0.3, 0.4) is 0 Å². The van der Waals surface area contributed by atoms with Gasteiger partial charge in [0.15, 0.2) is 5.16 Å². The topological polar surface area (TPSA) is 68.0 Å². The third-order valence-corrected chi connectivity index (χ3v) is 3.59. The Morgan fingerprint density at radius 3 is 3.05 bits per heavy atom. The van der Waals surface area contributed by atoms with Crippen LogP contribution in [0.5, 0.6) is 0 Å². The van der Waals surface area contributed by atoms with Crippen molar-refractivity contribution in [1.29, 1.82) is 0 Å². The summed E-state index contributed by atoms with van der Waals surface area (Å²) in [7, 11) is 0. The van der Waals surface area contributed by atoms with Crippen LogP contribution in [0.15, 0.2) is 35.7 Å². The van der Waals surface area contributed by atoms with Crippen LogP contribution in [0, 0.1) is 6.92 Å². The number of aryl methyl sites for hydroxylation is 3. The third-order valence-electron chi connectivity index (χ3n) is 2.63. The zero-order valence-corrected chi connectivity index (χ0v) is 11.4. The summed E-state index contributed by atoms with van der Waals surface area (Å²) in [5, 5.41) is 17.1. The largest absolute Gasteiger partial charge is 0.481 e. The smallest absolute Gasteiger partial charge is 0.313 e. The van der Waals surface area contributed by atoms with Gasteiger partial charge in [0, 0.05) is 6.54 Å². The molecule has 2 aromatic rings. The lowest BCUT2D eigenvalue weighted by Gasteiger charge is -2.06. The van der Waals surface area contributed by atoms with Crippen LogP contribution < -0.4 is 0 Å². The second-order valence-electron chi connectivity index (χ2n) is 4.23. The van der Waals surface area contributed by atoms with Crippen molar-refractivity contribution in [3.8, 4) is 0 Å². The lowest BCUT2D eigenvalue weighted by atomic mass is 10.1. The summed E-state index contributed by atoms with van der Waals surface area (Å²) < 4.78 is 1.88. The van der Waals surface area contributed by atoms with Gasteiger partial charge in [-0.05, 0) is 18.9 Å². The average molecular weight is 277 g/mol. The van der Waals surface area contributed by atoms with E-state index in [-0.39, 0.29) is 5.75 Å². The van der Waals surface area contributed by atoms with E-state index in [9.17, 15) is 4.79 Å². The van der Waals surface area contributed by atoms with Gasteiger partial charge >= 0.3 is 5.97 Å². The lowest BCUT2D eigenvalue weighted by molar-refractivity contribution is -0.133. The van der Waals surface area contributed by atoms with Crippen LogP contribution in [0.1, 0.15) is 11.1 Å². The molecule has 1 heterocycles. The van der Waals surface area contributed by atoms with E-state index >= 15 is 0 Å². The Morgan fingerprint density at radius 1 is 1.47 bits per heavy atom. The molecule has 6 heteroatoms. The number of nitrogens with zero attached hydrogens (tertiary/aromatic N) is 3. The summed E-state index contributed by atoms with van der Waals surface area (Å²) in [5.74, 6) is -0.846. The van der Waals surface area contributed by atoms with E-state index in [0.29, 0.717) is 5.16 Å². The first-order valence-electron chi connectivity index (χ1n) is 5.93. The molecular weight excluding hydrogens is 262 g/mol. The highest BCUT2D eigenvalue weighted by Crippen LogP contribution is 2.15. The first kappa shape index (κ1) is 13.6. The number of thioether (sulfide) groups is 1. The van der Waals surface area contributed by atoms with Gasteiger partial charge in [-0.15, -0.1) is 10.2 Å². The molecule has 0 aliphatic carbocycles. The number of aliphatic carboxylic acids is 1. The number of rotatable bonds is 6. The predicted molar refractivity (Wildman–Crippen MR) is 73.3 cm³/mol. The van der Waals surface area contributed by atoms with Crippen LogP contribution >= 0.6 is 11.8 Å². The molecule has 0 aliphatic heterocycles. The van der Waals surface area contributed by atoms with Gasteiger partial charge in [-0.3, -0.25) is 4.79 Å². The number of hydrogen-bond donors (Lipinski definition) is 1. The van der Waals surface area contributed by atoms with E-state index < -0.39 is 5.97 Å². The van der Waals surface area contributed by atoms with E-state index in [1.165, 1.54) is 22.9 Å². The number of carbonyl (C=O) groups is 1. The normalized spacial score (nSPS) is 10.6. The zero-order chi connectivity index (χ0) is 13.7. The van der Waals surface area contributed by atoms with Gasteiger partial charge in [0.2, 0.25) is 0 Å². The highest BCUT2D eigenvalue weighted by molar-refractivity contribution is 7.99. The summed E-state index contributed by atoms with van der Waals surface area (Å²) in [5.41, 5.74) is 2.49. The van der Waals surface area contributed by atoms with Crippen LogP contribution in [0.25, 0.3) is 0 Å². The fraction of sp³-hybridized carbons (Fsp3) is 0.308. The standard InChI is InChI=1S/C13H15N3O2S/c1-10-3-2-4-11(7-10)5-6-16-9-14-15-13(16)19-8-12(17)18/h2-4,7,9H,5-6,8H2,1H3,(H,17,18). The third kappa shape index (κ3) is 4.10. The summed E-state index contributed by atoms with van der Waals surface area (Å²) in [6.45, 7) is 2.81. The number of benzene rings is 1. The van der Waals surface area contributed by atoms with E-state index in [1.807, 2.05) is 10.6 Å². The Morgan fingerprint density at radius 2 is 2.32 bits per heavy atom. The molecule has 0 aliphatic rings. The molecule has 0 fully saturated rings. The SMILES string of the molecule is Cc1cccc(CCn2cnnc2SCC(=O)O)c1. The second-order valence-corrected chi connectivity index (χ2v) is 5.17. The monoisotopic (exact) mass is 277 g/mol. The van der Waals surface area contributed by atoms with Crippen molar-refractivity contribution in [3.63, 3.8) is 0 Å². The molecule has 0 saturated heterocycles. The molecular formula is C13H15N3O2S. The maximum Gasteiger partial charge on any atom is 0.313 e. The fourth-order valence-corrected chi connectivity index (χ4v) is 2.41. The van der Waals surface area contributed by atoms with Crippen molar-refractivity contribution in [2.75, 3.05) is 5.75 Å². The number of carboxylic acid groups (broad SMARTS) is 1. The van der Waals surface area contributed by atoms with Crippen molar-refractivity contribution in [2.24, 2.45) is 0 Å². The van der Waals surface area contributed by atoms with Crippen molar-refractivity contribution in [3.05, 3.63) is 41.7 Å². The van der Waals surface area contributed by atoms with Crippen LogP contribution in [0.4, 0.5) is 0 Å². The lowest BCUT2D eigenvalue weighted by Crippen LogP contribution is -2.04. The second kappa shape index (κ2) is 6.38. The first-order chi connectivity index (χ1) is 9.15. The van der Waals surface area contributed by atoms with Gasteiger partial charge in [0.05, 0.1) is 5.75 Å². The van der Waals surface area contributed by atoms with Gasteiger partial charge in [0.1, 0.15) is 6.33 Å². The number of hydrogen-bond acceptors (Lipinski definition) is 4. The van der Waals surface area contributed by atoms with E-state index in [4.69, 9.17) is 5.11 Å². The van der Waals surface area contributed by atoms with Crippen LogP contribution in [-0.4, -0.2) is 31.6 Å². The molecule has 100 valence electrons. The molecule has 5 nitrogen and oxygen atoms in total. The van der Waals surface area contributed by atoms with Crippen LogP contribution in [0.2, 0.25) is 0 Å². The van der Waals surface area contributed by atoms with Crippen molar-refractivity contribution in [1.82, 2.24) is 14.8 Å². The van der Waals surface area contributed by atoms with Gasteiger partial charge in [-0.1, -0.05) is 41.6 Å². The molecule has 1 N–H and O–H groups in total. The highest BCUT2D eigenvalue weighted by Gasteiger charge is 2.07. The molecule has 0 unspecified atom stereocenters. The maximum atomic E-state index is 10.5. The summed E-state index contributed by atoms with van der Waals surface area (Å²) in [6, 6.07) is 8.34.